The SMILES string of the molecule is C1CCC(NC2CCCCC2)CC1.O=C(O)CCC(NC(=O)OCc1ccccc1)C(=O)O. The van der Waals surface area contributed by atoms with Crippen molar-refractivity contribution in [2.24, 2.45) is 0 Å². The number of benzene rings is 1. The monoisotopic (exact) mass is 462 g/mol. The molecule has 3 rings (SSSR count). The van der Waals surface area contributed by atoms with E-state index in [2.05, 4.69) is 10.6 Å². The van der Waals surface area contributed by atoms with E-state index in [0.717, 1.165) is 17.6 Å². The molecule has 0 spiro atoms. The van der Waals surface area contributed by atoms with Gasteiger partial charge in [-0.2, -0.15) is 0 Å². The van der Waals surface area contributed by atoms with Crippen LogP contribution in [0.2, 0.25) is 0 Å². The van der Waals surface area contributed by atoms with Gasteiger partial charge in [0.25, 0.3) is 0 Å². The normalized spacial score (nSPS) is 17.8. The van der Waals surface area contributed by atoms with Crippen LogP contribution in [0.1, 0.15) is 82.6 Å². The first-order valence-corrected chi connectivity index (χ1v) is 12.1. The van der Waals surface area contributed by atoms with Crippen LogP contribution in [0.5, 0.6) is 0 Å². The zero-order valence-electron chi connectivity index (χ0n) is 19.3. The summed E-state index contributed by atoms with van der Waals surface area (Å²) in [6.07, 6.45) is 13.1. The van der Waals surface area contributed by atoms with Gasteiger partial charge in [-0.1, -0.05) is 68.9 Å². The third-order valence-corrected chi connectivity index (χ3v) is 6.13. The fraction of sp³-hybridized carbons (Fsp3) is 0.640. The van der Waals surface area contributed by atoms with E-state index in [1.54, 1.807) is 24.3 Å². The Labute approximate surface area is 196 Å². The molecule has 1 aromatic carbocycles. The van der Waals surface area contributed by atoms with Crippen LogP contribution in [-0.4, -0.2) is 46.4 Å². The van der Waals surface area contributed by atoms with E-state index in [-0.39, 0.29) is 19.4 Å². The molecule has 0 aromatic heterocycles. The quantitative estimate of drug-likeness (QED) is 0.427. The molecule has 0 radical (unpaired) electrons. The van der Waals surface area contributed by atoms with Crippen LogP contribution in [0.4, 0.5) is 4.79 Å². The van der Waals surface area contributed by atoms with Crippen LogP contribution in [0.3, 0.4) is 0 Å². The Kier molecular flexibility index (Phi) is 12.3. The van der Waals surface area contributed by atoms with E-state index < -0.39 is 24.1 Å². The smallest absolute Gasteiger partial charge is 0.408 e. The lowest BCUT2D eigenvalue weighted by atomic mass is 9.91. The first-order chi connectivity index (χ1) is 15.9. The highest BCUT2D eigenvalue weighted by Crippen LogP contribution is 2.22. The third kappa shape index (κ3) is 11.7. The van der Waals surface area contributed by atoms with E-state index in [4.69, 9.17) is 14.9 Å². The van der Waals surface area contributed by atoms with Crippen molar-refractivity contribution in [2.45, 2.75) is 102 Å². The number of amides is 1. The summed E-state index contributed by atoms with van der Waals surface area (Å²) in [6.45, 7) is 0.0118. The summed E-state index contributed by atoms with van der Waals surface area (Å²) in [6, 6.07) is 9.35. The van der Waals surface area contributed by atoms with Crippen LogP contribution >= 0.6 is 0 Å². The van der Waals surface area contributed by atoms with Gasteiger partial charge in [0, 0.05) is 18.5 Å². The number of alkyl carbamates (subject to hydrolysis) is 1. The third-order valence-electron chi connectivity index (χ3n) is 6.13. The molecule has 1 unspecified atom stereocenters. The maximum Gasteiger partial charge on any atom is 0.408 e. The largest absolute Gasteiger partial charge is 0.481 e. The van der Waals surface area contributed by atoms with Gasteiger partial charge in [0.2, 0.25) is 0 Å². The molecular formula is C25H38N2O6. The van der Waals surface area contributed by atoms with Crippen molar-refractivity contribution in [2.75, 3.05) is 0 Å². The minimum Gasteiger partial charge on any atom is -0.481 e. The summed E-state index contributed by atoms with van der Waals surface area (Å²) in [4.78, 5) is 32.7. The molecule has 1 atom stereocenters. The van der Waals surface area contributed by atoms with Gasteiger partial charge in [0.1, 0.15) is 12.6 Å². The van der Waals surface area contributed by atoms with Crippen LogP contribution in [0.25, 0.3) is 0 Å². The molecule has 8 nitrogen and oxygen atoms in total. The molecule has 1 aromatic rings. The highest BCUT2D eigenvalue weighted by atomic mass is 16.5. The van der Waals surface area contributed by atoms with Crippen LogP contribution < -0.4 is 10.6 Å². The maximum absolute atomic E-state index is 11.4. The van der Waals surface area contributed by atoms with Gasteiger partial charge in [-0.25, -0.2) is 9.59 Å². The number of carbonyl (C=O) groups excluding carboxylic acids is 1. The van der Waals surface area contributed by atoms with E-state index in [1.165, 1.54) is 64.2 Å². The Bertz CT molecular complexity index is 699. The average Bonchev–Trinajstić information content (AvgIpc) is 2.82. The minimum absolute atomic E-state index is 0.0118. The van der Waals surface area contributed by atoms with Crippen molar-refractivity contribution < 1.29 is 29.3 Å². The van der Waals surface area contributed by atoms with E-state index >= 15 is 0 Å². The van der Waals surface area contributed by atoms with E-state index in [0.29, 0.717) is 0 Å². The lowest BCUT2D eigenvalue weighted by molar-refractivity contribution is -0.140. The Morgan fingerprint density at radius 1 is 0.879 bits per heavy atom. The number of carboxylic acids is 2. The van der Waals surface area contributed by atoms with Crippen molar-refractivity contribution in [3.05, 3.63) is 35.9 Å². The van der Waals surface area contributed by atoms with Gasteiger partial charge in [-0.05, 0) is 37.7 Å². The van der Waals surface area contributed by atoms with Gasteiger partial charge in [0.15, 0.2) is 0 Å². The number of hydrogen-bond acceptors (Lipinski definition) is 5. The summed E-state index contributed by atoms with van der Waals surface area (Å²) in [5, 5.41) is 23.3. The number of ether oxygens (including phenoxy) is 1. The second-order valence-electron chi connectivity index (χ2n) is 8.87. The highest BCUT2D eigenvalue weighted by molar-refractivity contribution is 5.80. The molecule has 2 saturated carbocycles. The number of hydrogen-bond donors (Lipinski definition) is 4. The number of rotatable bonds is 9. The lowest BCUT2D eigenvalue weighted by Crippen LogP contribution is -2.41. The van der Waals surface area contributed by atoms with Gasteiger partial charge < -0.3 is 25.6 Å². The summed E-state index contributed by atoms with van der Waals surface area (Å²) in [5.74, 6) is -2.43. The predicted molar refractivity (Wildman–Crippen MR) is 125 cm³/mol. The Balaban J connectivity index is 0.000000254. The molecular weight excluding hydrogens is 424 g/mol. The molecule has 8 heteroatoms. The Hall–Kier alpha value is -2.61. The lowest BCUT2D eigenvalue weighted by Gasteiger charge is -2.30. The number of carbonyl (C=O) groups is 3. The van der Waals surface area contributed by atoms with Crippen LogP contribution in [-0.2, 0) is 20.9 Å². The molecule has 0 aliphatic heterocycles. The molecule has 2 aliphatic rings. The molecule has 0 saturated heterocycles. The predicted octanol–water partition coefficient (Wildman–Crippen LogP) is 4.47. The van der Waals surface area contributed by atoms with Gasteiger partial charge >= 0.3 is 18.0 Å². The summed E-state index contributed by atoms with van der Waals surface area (Å²) in [5.41, 5.74) is 0.764. The second-order valence-corrected chi connectivity index (χ2v) is 8.87. The van der Waals surface area contributed by atoms with Gasteiger partial charge in [0.05, 0.1) is 0 Å². The highest BCUT2D eigenvalue weighted by Gasteiger charge is 2.21. The fourth-order valence-corrected chi connectivity index (χ4v) is 4.30. The Morgan fingerprint density at radius 3 is 1.91 bits per heavy atom. The fourth-order valence-electron chi connectivity index (χ4n) is 4.30. The summed E-state index contributed by atoms with van der Waals surface area (Å²) < 4.78 is 4.85. The van der Waals surface area contributed by atoms with Crippen molar-refractivity contribution >= 4 is 18.0 Å². The van der Waals surface area contributed by atoms with Crippen molar-refractivity contribution in [3.8, 4) is 0 Å². The molecule has 2 aliphatic carbocycles. The van der Waals surface area contributed by atoms with Gasteiger partial charge in [-0.3, -0.25) is 4.79 Å². The second kappa shape index (κ2) is 15.3. The van der Waals surface area contributed by atoms with Crippen LogP contribution in [0.15, 0.2) is 30.3 Å². The Morgan fingerprint density at radius 2 is 1.42 bits per heavy atom. The van der Waals surface area contributed by atoms with Crippen molar-refractivity contribution in [1.82, 2.24) is 10.6 Å². The molecule has 4 N–H and O–H groups in total. The molecule has 0 heterocycles. The number of carboxylic acid groups (broad SMARTS) is 2. The molecule has 2 fully saturated rings. The maximum atomic E-state index is 11.4. The minimum atomic E-state index is -1.30. The van der Waals surface area contributed by atoms with Gasteiger partial charge in [-0.15, -0.1) is 0 Å². The standard InChI is InChI=1S/C13H15NO6.C12H23N/c15-11(16)7-6-10(12(17)18)14-13(19)20-8-9-4-2-1-3-5-9;1-3-7-11(8-4-1)13-12-9-5-2-6-10-12/h1-5,10H,6-8H2,(H,14,19)(H,15,16)(H,17,18);11-13H,1-10H2. The van der Waals surface area contributed by atoms with Crippen LogP contribution in [0, 0.1) is 0 Å². The topological polar surface area (TPSA) is 125 Å². The first-order valence-electron chi connectivity index (χ1n) is 12.1. The first kappa shape index (κ1) is 26.6. The number of nitrogens with one attached hydrogen (secondary N) is 2. The van der Waals surface area contributed by atoms with Crippen molar-refractivity contribution in [3.63, 3.8) is 0 Å². The average molecular weight is 463 g/mol. The molecule has 0 bridgehead atoms. The zero-order valence-corrected chi connectivity index (χ0v) is 19.3. The molecule has 1 amide bonds. The van der Waals surface area contributed by atoms with E-state index in [1.807, 2.05) is 6.07 Å². The summed E-state index contributed by atoms with van der Waals surface area (Å²) >= 11 is 0. The molecule has 184 valence electrons. The van der Waals surface area contributed by atoms with E-state index in [9.17, 15) is 14.4 Å². The summed E-state index contributed by atoms with van der Waals surface area (Å²) in [7, 11) is 0. The number of aliphatic carboxylic acids is 2. The van der Waals surface area contributed by atoms with Crippen molar-refractivity contribution in [1.29, 1.82) is 0 Å². The zero-order chi connectivity index (χ0) is 23.9. The molecule has 33 heavy (non-hydrogen) atoms.